The Labute approximate surface area is 124 Å². The largest absolute Gasteiger partial charge is 0.326 e. The van der Waals surface area contributed by atoms with E-state index in [0.717, 1.165) is 10.0 Å². The van der Waals surface area contributed by atoms with Crippen LogP contribution in [0.1, 0.15) is 15.9 Å². The third-order valence-electron chi connectivity index (χ3n) is 2.61. The fourth-order valence-electron chi connectivity index (χ4n) is 1.70. The lowest BCUT2D eigenvalue weighted by molar-refractivity contribution is 0.102. The van der Waals surface area contributed by atoms with Crippen molar-refractivity contribution in [1.82, 2.24) is 0 Å². The summed E-state index contributed by atoms with van der Waals surface area (Å²) >= 11 is 9.24. The number of rotatable bonds is 3. The van der Waals surface area contributed by atoms with Gasteiger partial charge in [0, 0.05) is 27.3 Å². The van der Waals surface area contributed by atoms with E-state index in [4.69, 9.17) is 17.3 Å². The highest BCUT2D eigenvalue weighted by Crippen LogP contribution is 2.21. The second kappa shape index (κ2) is 6.19. The number of hydrogen-bond donors (Lipinski definition) is 2. The molecule has 0 aliphatic carbocycles. The molecular weight excluding hydrogens is 328 g/mol. The number of hydrogen-bond acceptors (Lipinski definition) is 2. The lowest BCUT2D eigenvalue weighted by Crippen LogP contribution is -2.14. The summed E-state index contributed by atoms with van der Waals surface area (Å²) in [5.74, 6) is -0.218. The van der Waals surface area contributed by atoms with Crippen LogP contribution in [0.15, 0.2) is 46.9 Å². The molecule has 0 aliphatic heterocycles. The Hall–Kier alpha value is -1.36. The van der Waals surface area contributed by atoms with Crippen LogP contribution in [0.3, 0.4) is 0 Å². The van der Waals surface area contributed by atoms with Crippen molar-refractivity contribution in [1.29, 1.82) is 0 Å². The number of amides is 1. The molecule has 0 saturated heterocycles. The zero-order valence-electron chi connectivity index (χ0n) is 9.99. The highest BCUT2D eigenvalue weighted by molar-refractivity contribution is 9.10. The maximum atomic E-state index is 12.2. The van der Waals surface area contributed by atoms with Gasteiger partial charge in [-0.2, -0.15) is 0 Å². The van der Waals surface area contributed by atoms with Gasteiger partial charge >= 0.3 is 0 Å². The zero-order chi connectivity index (χ0) is 13.8. The predicted octanol–water partition coefficient (Wildman–Crippen LogP) is 3.81. The molecular formula is C14H12BrClN2O. The third kappa shape index (κ3) is 3.56. The summed E-state index contributed by atoms with van der Waals surface area (Å²) in [4.78, 5) is 12.2. The molecule has 0 unspecified atom stereocenters. The van der Waals surface area contributed by atoms with E-state index in [0.29, 0.717) is 22.8 Å². The number of carbonyl (C=O) groups excluding carboxylic acids is 1. The summed E-state index contributed by atoms with van der Waals surface area (Å²) in [6.07, 6.45) is 0. The minimum atomic E-state index is -0.218. The van der Waals surface area contributed by atoms with E-state index in [1.807, 2.05) is 24.3 Å². The first-order valence-electron chi connectivity index (χ1n) is 5.65. The average molecular weight is 340 g/mol. The standard InChI is InChI=1S/C14H12BrClN2O/c15-11-5-10(6-12(16)7-11)14(19)18-13-4-2-1-3-9(13)8-17/h1-7H,8,17H2,(H,18,19). The number of halogens is 2. The molecule has 0 radical (unpaired) electrons. The topological polar surface area (TPSA) is 55.1 Å². The zero-order valence-corrected chi connectivity index (χ0v) is 12.3. The quantitative estimate of drug-likeness (QED) is 0.893. The number of nitrogens with two attached hydrogens (primary N) is 1. The molecule has 1 amide bonds. The molecule has 5 heteroatoms. The molecule has 2 aromatic carbocycles. The van der Waals surface area contributed by atoms with Crippen LogP contribution in [0.25, 0.3) is 0 Å². The van der Waals surface area contributed by atoms with E-state index < -0.39 is 0 Å². The smallest absolute Gasteiger partial charge is 0.255 e. The van der Waals surface area contributed by atoms with Gasteiger partial charge in [0.1, 0.15) is 0 Å². The Balaban J connectivity index is 2.25. The first-order valence-corrected chi connectivity index (χ1v) is 6.82. The highest BCUT2D eigenvalue weighted by Gasteiger charge is 2.09. The summed E-state index contributed by atoms with van der Waals surface area (Å²) in [7, 11) is 0. The summed E-state index contributed by atoms with van der Waals surface area (Å²) in [6, 6.07) is 12.5. The van der Waals surface area contributed by atoms with Crippen LogP contribution < -0.4 is 11.1 Å². The normalized spacial score (nSPS) is 10.3. The molecule has 98 valence electrons. The van der Waals surface area contributed by atoms with Crippen molar-refractivity contribution in [2.45, 2.75) is 6.54 Å². The van der Waals surface area contributed by atoms with Crippen molar-refractivity contribution >= 4 is 39.1 Å². The number of nitrogens with one attached hydrogen (secondary N) is 1. The maximum Gasteiger partial charge on any atom is 0.255 e. The second-order valence-electron chi connectivity index (χ2n) is 3.97. The number of carbonyl (C=O) groups is 1. The molecule has 0 fully saturated rings. The Morgan fingerprint density at radius 1 is 1.26 bits per heavy atom. The lowest BCUT2D eigenvalue weighted by Gasteiger charge is -2.10. The van der Waals surface area contributed by atoms with Gasteiger partial charge in [-0.25, -0.2) is 0 Å². The van der Waals surface area contributed by atoms with E-state index in [1.54, 1.807) is 18.2 Å². The lowest BCUT2D eigenvalue weighted by atomic mass is 10.1. The third-order valence-corrected chi connectivity index (χ3v) is 3.29. The van der Waals surface area contributed by atoms with Crippen molar-refractivity contribution in [3.63, 3.8) is 0 Å². The number of para-hydroxylation sites is 1. The van der Waals surface area contributed by atoms with E-state index >= 15 is 0 Å². The Morgan fingerprint density at radius 3 is 2.68 bits per heavy atom. The molecule has 0 heterocycles. The fraction of sp³-hybridized carbons (Fsp3) is 0.0714. The molecule has 0 bridgehead atoms. The first kappa shape index (κ1) is 14.1. The monoisotopic (exact) mass is 338 g/mol. The predicted molar refractivity (Wildman–Crippen MR) is 81.4 cm³/mol. The van der Waals surface area contributed by atoms with Gasteiger partial charge < -0.3 is 11.1 Å². The van der Waals surface area contributed by atoms with E-state index in [2.05, 4.69) is 21.2 Å². The molecule has 0 atom stereocenters. The fourth-order valence-corrected chi connectivity index (χ4v) is 2.56. The molecule has 0 spiro atoms. The van der Waals surface area contributed by atoms with Gasteiger partial charge in [0.05, 0.1) is 0 Å². The second-order valence-corrected chi connectivity index (χ2v) is 5.33. The van der Waals surface area contributed by atoms with Gasteiger partial charge in [0.25, 0.3) is 5.91 Å². The molecule has 3 nitrogen and oxygen atoms in total. The molecule has 0 aliphatic rings. The summed E-state index contributed by atoms with van der Waals surface area (Å²) in [5.41, 5.74) is 7.73. The molecule has 0 saturated carbocycles. The Kier molecular flexibility index (Phi) is 4.58. The van der Waals surface area contributed by atoms with Gasteiger partial charge in [-0.05, 0) is 29.8 Å². The number of benzene rings is 2. The summed E-state index contributed by atoms with van der Waals surface area (Å²) in [5, 5.41) is 3.34. The molecule has 2 aromatic rings. The minimum absolute atomic E-state index is 0.218. The van der Waals surface area contributed by atoms with Crippen molar-refractivity contribution in [2.75, 3.05) is 5.32 Å². The van der Waals surface area contributed by atoms with Crippen molar-refractivity contribution in [2.24, 2.45) is 5.73 Å². The summed E-state index contributed by atoms with van der Waals surface area (Å²) < 4.78 is 0.761. The van der Waals surface area contributed by atoms with E-state index in [-0.39, 0.29) is 5.91 Å². The van der Waals surface area contributed by atoms with Gasteiger partial charge in [0.2, 0.25) is 0 Å². The van der Waals surface area contributed by atoms with Crippen LogP contribution in [0, 0.1) is 0 Å². The summed E-state index contributed by atoms with van der Waals surface area (Å²) in [6.45, 7) is 0.371. The maximum absolute atomic E-state index is 12.2. The van der Waals surface area contributed by atoms with Crippen LogP contribution in [-0.4, -0.2) is 5.91 Å². The number of anilines is 1. The van der Waals surface area contributed by atoms with Crippen LogP contribution in [0.4, 0.5) is 5.69 Å². The SMILES string of the molecule is NCc1ccccc1NC(=O)c1cc(Cl)cc(Br)c1. The molecule has 19 heavy (non-hydrogen) atoms. The minimum Gasteiger partial charge on any atom is -0.326 e. The van der Waals surface area contributed by atoms with Crippen molar-refractivity contribution in [3.05, 3.63) is 63.1 Å². The van der Waals surface area contributed by atoms with Crippen molar-refractivity contribution in [3.8, 4) is 0 Å². The van der Waals surface area contributed by atoms with Crippen LogP contribution in [-0.2, 0) is 6.54 Å². The average Bonchev–Trinajstić information content (AvgIpc) is 2.38. The van der Waals surface area contributed by atoms with E-state index in [9.17, 15) is 4.79 Å². The molecule has 2 rings (SSSR count). The van der Waals surface area contributed by atoms with Crippen LogP contribution >= 0.6 is 27.5 Å². The molecule has 0 aromatic heterocycles. The first-order chi connectivity index (χ1) is 9.10. The van der Waals surface area contributed by atoms with Gasteiger partial charge in [-0.15, -0.1) is 0 Å². The highest BCUT2D eigenvalue weighted by atomic mass is 79.9. The van der Waals surface area contributed by atoms with E-state index in [1.165, 1.54) is 0 Å². The van der Waals surface area contributed by atoms with Gasteiger partial charge in [0.15, 0.2) is 0 Å². The van der Waals surface area contributed by atoms with Crippen LogP contribution in [0.2, 0.25) is 5.02 Å². The van der Waals surface area contributed by atoms with Crippen molar-refractivity contribution < 1.29 is 4.79 Å². The van der Waals surface area contributed by atoms with Gasteiger partial charge in [-0.3, -0.25) is 4.79 Å². The Bertz CT molecular complexity index is 596. The molecule has 3 N–H and O–H groups in total. The van der Waals surface area contributed by atoms with Gasteiger partial charge in [-0.1, -0.05) is 45.7 Å². The Morgan fingerprint density at radius 2 is 2.00 bits per heavy atom. The van der Waals surface area contributed by atoms with Crippen LogP contribution in [0.5, 0.6) is 0 Å².